The molecule has 1 aliphatic heterocycles. The van der Waals surface area contributed by atoms with E-state index in [2.05, 4.69) is 103 Å². The molecule has 5 rings (SSSR count). The molecule has 0 saturated carbocycles. The van der Waals surface area contributed by atoms with E-state index >= 15 is 0 Å². The summed E-state index contributed by atoms with van der Waals surface area (Å²) in [4.78, 5) is 7.51. The van der Waals surface area contributed by atoms with Gasteiger partial charge in [0.25, 0.3) is 0 Å². The number of nitrogens with one attached hydrogen (secondary N) is 2. The fourth-order valence-electron chi connectivity index (χ4n) is 4.28. The molecule has 0 unspecified atom stereocenters. The van der Waals surface area contributed by atoms with Gasteiger partial charge in [0.05, 0.1) is 17.4 Å². The number of aromatic amines is 1. The first-order valence-electron chi connectivity index (χ1n) is 11.1. The van der Waals surface area contributed by atoms with Gasteiger partial charge in [0.1, 0.15) is 11.5 Å². The summed E-state index contributed by atoms with van der Waals surface area (Å²) in [6.45, 7) is 10.2. The number of nitrogens with zero attached hydrogens (tertiary/aromatic N) is 1. The molecule has 3 aromatic carbocycles. The molecule has 1 aliphatic rings. The molecule has 164 valence electrons. The Morgan fingerprint density at radius 2 is 1.73 bits per heavy atom. The van der Waals surface area contributed by atoms with Crippen LogP contribution in [0.4, 0.5) is 0 Å². The highest BCUT2D eigenvalue weighted by molar-refractivity contribution is 5.82. The predicted molar refractivity (Wildman–Crippen MR) is 137 cm³/mol. The maximum Gasteiger partial charge on any atom is 0.131 e. The molecule has 4 heteroatoms. The SMILES string of the molecule is C=CN/C=C(\C)c1ccc(C2=CC(C)(C)c3cc(-c4ccc5nc[nH]c5c4)ccc3O2)cc1. The lowest BCUT2D eigenvalue weighted by atomic mass is 9.80. The molecule has 0 atom stereocenters. The lowest BCUT2D eigenvalue weighted by molar-refractivity contribution is 0.461. The molecule has 1 aromatic heterocycles. The van der Waals surface area contributed by atoms with Crippen molar-refractivity contribution in [1.29, 1.82) is 0 Å². The van der Waals surface area contributed by atoms with Crippen LogP contribution in [-0.2, 0) is 5.41 Å². The number of hydrogen-bond donors (Lipinski definition) is 2. The van der Waals surface area contributed by atoms with E-state index in [-0.39, 0.29) is 5.41 Å². The number of fused-ring (bicyclic) bond motifs is 2. The molecule has 2 heterocycles. The molecule has 33 heavy (non-hydrogen) atoms. The van der Waals surface area contributed by atoms with E-state index < -0.39 is 0 Å². The lowest BCUT2D eigenvalue weighted by Gasteiger charge is -2.31. The van der Waals surface area contributed by atoms with Gasteiger partial charge in [0, 0.05) is 22.7 Å². The third kappa shape index (κ3) is 3.96. The second-order valence-electron chi connectivity index (χ2n) is 8.95. The third-order valence-corrected chi connectivity index (χ3v) is 6.18. The van der Waals surface area contributed by atoms with Crippen LogP contribution in [0.15, 0.2) is 92.0 Å². The zero-order chi connectivity index (χ0) is 23.0. The molecule has 0 spiro atoms. The number of ether oxygens (including phenoxy) is 1. The second-order valence-corrected chi connectivity index (χ2v) is 8.95. The molecule has 0 radical (unpaired) electrons. The monoisotopic (exact) mass is 433 g/mol. The van der Waals surface area contributed by atoms with Gasteiger partial charge in [-0.2, -0.15) is 0 Å². The van der Waals surface area contributed by atoms with E-state index in [1.807, 2.05) is 12.3 Å². The van der Waals surface area contributed by atoms with E-state index in [9.17, 15) is 0 Å². The van der Waals surface area contributed by atoms with Gasteiger partial charge in [-0.15, -0.1) is 0 Å². The zero-order valence-corrected chi connectivity index (χ0v) is 19.1. The Hall–Kier alpha value is -4.05. The summed E-state index contributed by atoms with van der Waals surface area (Å²) in [5.74, 6) is 1.79. The smallest absolute Gasteiger partial charge is 0.131 e. The van der Waals surface area contributed by atoms with Crippen LogP contribution >= 0.6 is 0 Å². The number of H-pyrrole nitrogens is 1. The molecular formula is C29H27N3O. The molecule has 0 bridgehead atoms. The molecule has 0 fully saturated rings. The summed E-state index contributed by atoms with van der Waals surface area (Å²) in [5, 5.41) is 3.03. The van der Waals surface area contributed by atoms with Crippen molar-refractivity contribution < 1.29 is 4.74 Å². The van der Waals surface area contributed by atoms with Crippen LogP contribution in [0.5, 0.6) is 5.75 Å². The van der Waals surface area contributed by atoms with Crippen LogP contribution in [0.2, 0.25) is 0 Å². The zero-order valence-electron chi connectivity index (χ0n) is 19.1. The Kier molecular flexibility index (Phi) is 5.14. The van der Waals surface area contributed by atoms with Crippen molar-refractivity contribution in [1.82, 2.24) is 15.3 Å². The topological polar surface area (TPSA) is 49.9 Å². The van der Waals surface area contributed by atoms with Crippen molar-refractivity contribution in [3.8, 4) is 16.9 Å². The van der Waals surface area contributed by atoms with Gasteiger partial charge >= 0.3 is 0 Å². The standard InChI is InChI=1S/C29H27N3O/c1-5-30-17-19(2)20-6-8-21(9-7-20)28-16-29(3,4)24-14-22(11-13-27(24)33-28)23-10-12-25-26(15-23)32-18-31-25/h5-18,30H,1H2,2-4H3,(H,31,32)/b19-17+. The number of rotatable bonds is 5. The Balaban J connectivity index is 1.45. The van der Waals surface area contributed by atoms with Crippen LogP contribution in [-0.4, -0.2) is 9.97 Å². The first-order chi connectivity index (χ1) is 15.9. The molecule has 2 N–H and O–H groups in total. The fourth-order valence-corrected chi connectivity index (χ4v) is 4.28. The molecule has 4 aromatic rings. The normalized spacial score (nSPS) is 14.9. The summed E-state index contributed by atoms with van der Waals surface area (Å²) in [6.07, 6.45) is 7.56. The Labute approximate surface area is 194 Å². The Morgan fingerprint density at radius 3 is 2.52 bits per heavy atom. The average molecular weight is 434 g/mol. The first kappa shape index (κ1) is 20.8. The fraction of sp³-hybridized carbons (Fsp3) is 0.138. The van der Waals surface area contributed by atoms with Gasteiger partial charge in [-0.05, 0) is 65.7 Å². The minimum absolute atomic E-state index is 0.167. The highest BCUT2D eigenvalue weighted by atomic mass is 16.5. The van der Waals surface area contributed by atoms with Crippen molar-refractivity contribution in [2.24, 2.45) is 0 Å². The minimum Gasteiger partial charge on any atom is -0.457 e. The Bertz CT molecular complexity index is 1400. The van der Waals surface area contributed by atoms with E-state index in [1.165, 1.54) is 11.1 Å². The van der Waals surface area contributed by atoms with E-state index in [0.717, 1.165) is 44.8 Å². The van der Waals surface area contributed by atoms with Gasteiger partial charge in [0.2, 0.25) is 0 Å². The van der Waals surface area contributed by atoms with Crippen molar-refractivity contribution in [2.75, 3.05) is 0 Å². The van der Waals surface area contributed by atoms with Crippen molar-refractivity contribution >= 4 is 22.4 Å². The molecule has 4 nitrogen and oxygen atoms in total. The quantitative estimate of drug-likeness (QED) is 0.355. The highest BCUT2D eigenvalue weighted by Crippen LogP contribution is 2.43. The molecular weight excluding hydrogens is 406 g/mol. The van der Waals surface area contributed by atoms with Crippen molar-refractivity contribution in [2.45, 2.75) is 26.2 Å². The second kappa shape index (κ2) is 8.14. The lowest BCUT2D eigenvalue weighted by Crippen LogP contribution is -2.21. The highest BCUT2D eigenvalue weighted by Gasteiger charge is 2.29. The number of hydrogen-bond acceptors (Lipinski definition) is 3. The van der Waals surface area contributed by atoms with E-state index in [0.29, 0.717) is 0 Å². The number of imidazole rings is 1. The van der Waals surface area contributed by atoms with E-state index in [4.69, 9.17) is 4.74 Å². The van der Waals surface area contributed by atoms with E-state index in [1.54, 1.807) is 12.5 Å². The van der Waals surface area contributed by atoms with Crippen LogP contribution < -0.4 is 10.1 Å². The summed E-state index contributed by atoms with van der Waals surface area (Å²) in [6, 6.07) is 21.2. The van der Waals surface area contributed by atoms with Crippen LogP contribution in [0.3, 0.4) is 0 Å². The first-order valence-corrected chi connectivity index (χ1v) is 11.1. The van der Waals surface area contributed by atoms with Gasteiger partial charge in [-0.3, -0.25) is 0 Å². The number of allylic oxidation sites excluding steroid dienone is 2. The maximum atomic E-state index is 6.37. The van der Waals surface area contributed by atoms with Crippen LogP contribution in [0, 0.1) is 0 Å². The van der Waals surface area contributed by atoms with Gasteiger partial charge in [-0.25, -0.2) is 4.98 Å². The maximum absolute atomic E-state index is 6.37. The van der Waals surface area contributed by atoms with Crippen molar-refractivity contribution in [3.63, 3.8) is 0 Å². The van der Waals surface area contributed by atoms with Gasteiger partial charge < -0.3 is 15.0 Å². The summed E-state index contributed by atoms with van der Waals surface area (Å²) >= 11 is 0. The van der Waals surface area contributed by atoms with Gasteiger partial charge in [0.15, 0.2) is 0 Å². The van der Waals surface area contributed by atoms with Crippen molar-refractivity contribution in [3.05, 3.63) is 109 Å². The molecule has 0 amide bonds. The number of aromatic nitrogens is 2. The predicted octanol–water partition coefficient (Wildman–Crippen LogP) is 7.03. The summed E-state index contributed by atoms with van der Waals surface area (Å²) < 4.78 is 6.37. The molecule has 0 aliphatic carbocycles. The van der Waals surface area contributed by atoms with Crippen LogP contribution in [0.1, 0.15) is 37.5 Å². The summed E-state index contributed by atoms with van der Waals surface area (Å²) in [5.41, 5.74) is 8.71. The summed E-state index contributed by atoms with van der Waals surface area (Å²) in [7, 11) is 0. The number of benzene rings is 3. The Morgan fingerprint density at radius 1 is 1.00 bits per heavy atom. The third-order valence-electron chi connectivity index (χ3n) is 6.18. The average Bonchev–Trinajstić information content (AvgIpc) is 3.30. The largest absolute Gasteiger partial charge is 0.457 e. The minimum atomic E-state index is -0.167. The van der Waals surface area contributed by atoms with Gasteiger partial charge in [-0.1, -0.05) is 56.8 Å². The van der Waals surface area contributed by atoms with Crippen LogP contribution in [0.25, 0.3) is 33.5 Å². The molecule has 0 saturated heterocycles.